The Labute approximate surface area is 140 Å². The van der Waals surface area contributed by atoms with E-state index in [0.717, 1.165) is 36.2 Å². The number of hydrogen-bond donors (Lipinski definition) is 1. The largest absolute Gasteiger partial charge is 0.392 e. The summed E-state index contributed by atoms with van der Waals surface area (Å²) in [5.41, 5.74) is 0.873. The number of rotatable bonds is 4. The van der Waals surface area contributed by atoms with Gasteiger partial charge in [-0.1, -0.05) is 0 Å². The SMILES string of the molecule is O=C(/C=C/c1cc(CO)cs1)N1CCC(N2CCCC2=O)CC1. The predicted octanol–water partition coefficient (Wildman–Crippen LogP) is 1.87. The van der Waals surface area contributed by atoms with Crippen molar-refractivity contribution in [1.82, 2.24) is 9.80 Å². The molecule has 0 radical (unpaired) electrons. The Kier molecular flexibility index (Phi) is 5.13. The van der Waals surface area contributed by atoms with Gasteiger partial charge in [0.25, 0.3) is 0 Å². The van der Waals surface area contributed by atoms with E-state index in [1.807, 2.05) is 27.3 Å². The highest BCUT2D eigenvalue weighted by molar-refractivity contribution is 7.11. The van der Waals surface area contributed by atoms with Crippen LogP contribution < -0.4 is 0 Å². The highest BCUT2D eigenvalue weighted by atomic mass is 32.1. The Morgan fingerprint density at radius 2 is 2.13 bits per heavy atom. The second-order valence-corrected chi connectivity index (χ2v) is 7.04. The zero-order valence-electron chi connectivity index (χ0n) is 13.1. The fourth-order valence-electron chi connectivity index (χ4n) is 3.28. The van der Waals surface area contributed by atoms with Crippen molar-refractivity contribution in [3.8, 4) is 0 Å². The van der Waals surface area contributed by atoms with Crippen molar-refractivity contribution in [2.45, 2.75) is 38.3 Å². The Bertz CT molecular complexity index is 603. The van der Waals surface area contributed by atoms with Gasteiger partial charge in [0.2, 0.25) is 11.8 Å². The lowest BCUT2D eigenvalue weighted by Gasteiger charge is -2.36. The first-order valence-electron chi connectivity index (χ1n) is 8.12. The molecule has 0 atom stereocenters. The van der Waals surface area contributed by atoms with Crippen molar-refractivity contribution >= 4 is 29.2 Å². The van der Waals surface area contributed by atoms with Gasteiger partial charge in [-0.3, -0.25) is 9.59 Å². The fraction of sp³-hybridized carbons (Fsp3) is 0.529. The van der Waals surface area contributed by atoms with Crippen molar-refractivity contribution < 1.29 is 14.7 Å². The molecule has 0 aromatic carbocycles. The van der Waals surface area contributed by atoms with E-state index in [-0.39, 0.29) is 18.4 Å². The maximum absolute atomic E-state index is 12.3. The van der Waals surface area contributed by atoms with Gasteiger partial charge in [-0.15, -0.1) is 11.3 Å². The molecular formula is C17H22N2O3S. The summed E-state index contributed by atoms with van der Waals surface area (Å²) in [6.07, 6.45) is 6.81. The minimum absolute atomic E-state index is 0.0233. The number of piperidine rings is 1. The normalized spacial score (nSPS) is 20.0. The number of aliphatic hydroxyl groups excluding tert-OH is 1. The van der Waals surface area contributed by atoms with Gasteiger partial charge in [-0.2, -0.15) is 0 Å². The Balaban J connectivity index is 1.50. The summed E-state index contributed by atoms with van der Waals surface area (Å²) >= 11 is 1.52. The fourth-order valence-corrected chi connectivity index (χ4v) is 4.07. The van der Waals surface area contributed by atoms with Crippen LogP contribution in [-0.4, -0.2) is 52.4 Å². The molecule has 1 aromatic rings. The smallest absolute Gasteiger partial charge is 0.246 e. The molecule has 2 amide bonds. The average Bonchev–Trinajstić information content (AvgIpc) is 3.21. The number of likely N-dealkylation sites (tertiary alicyclic amines) is 2. The number of carbonyl (C=O) groups is 2. The quantitative estimate of drug-likeness (QED) is 0.855. The topological polar surface area (TPSA) is 60.9 Å². The summed E-state index contributed by atoms with van der Waals surface area (Å²) in [7, 11) is 0. The van der Waals surface area contributed by atoms with Crippen molar-refractivity contribution in [2.75, 3.05) is 19.6 Å². The maximum Gasteiger partial charge on any atom is 0.246 e. The minimum atomic E-state index is 0.0233. The van der Waals surface area contributed by atoms with Crippen LogP contribution in [0.2, 0.25) is 0 Å². The van der Waals surface area contributed by atoms with E-state index >= 15 is 0 Å². The zero-order chi connectivity index (χ0) is 16.2. The third-order valence-electron chi connectivity index (χ3n) is 4.57. The van der Waals surface area contributed by atoms with Crippen LogP contribution >= 0.6 is 11.3 Å². The summed E-state index contributed by atoms with van der Waals surface area (Å²) < 4.78 is 0. The average molecular weight is 334 g/mol. The van der Waals surface area contributed by atoms with Gasteiger partial charge in [0.15, 0.2) is 0 Å². The molecule has 1 N–H and O–H groups in total. The molecule has 0 bridgehead atoms. The van der Waals surface area contributed by atoms with Crippen LogP contribution in [0.4, 0.5) is 0 Å². The molecule has 124 valence electrons. The van der Waals surface area contributed by atoms with E-state index in [9.17, 15) is 9.59 Å². The van der Waals surface area contributed by atoms with Crippen LogP contribution in [0.25, 0.3) is 6.08 Å². The van der Waals surface area contributed by atoms with Gasteiger partial charge < -0.3 is 14.9 Å². The van der Waals surface area contributed by atoms with Gasteiger partial charge in [-0.05, 0) is 42.3 Å². The predicted molar refractivity (Wildman–Crippen MR) is 89.8 cm³/mol. The van der Waals surface area contributed by atoms with E-state index in [4.69, 9.17) is 5.11 Å². The van der Waals surface area contributed by atoms with Crippen molar-refractivity contribution in [2.24, 2.45) is 0 Å². The first-order chi connectivity index (χ1) is 11.2. The number of nitrogens with zero attached hydrogens (tertiary/aromatic N) is 2. The van der Waals surface area contributed by atoms with Crippen LogP contribution in [-0.2, 0) is 16.2 Å². The molecule has 0 saturated carbocycles. The number of thiophene rings is 1. The lowest BCUT2D eigenvalue weighted by atomic mass is 10.0. The highest BCUT2D eigenvalue weighted by Gasteiger charge is 2.31. The number of amides is 2. The Hall–Kier alpha value is -1.66. The van der Waals surface area contributed by atoms with Gasteiger partial charge in [-0.25, -0.2) is 0 Å². The zero-order valence-corrected chi connectivity index (χ0v) is 13.9. The van der Waals surface area contributed by atoms with Crippen LogP contribution in [0.3, 0.4) is 0 Å². The summed E-state index contributed by atoms with van der Waals surface area (Å²) in [6, 6.07) is 2.20. The molecule has 2 fully saturated rings. The van der Waals surface area contributed by atoms with E-state index < -0.39 is 0 Å². The molecule has 3 heterocycles. The molecule has 0 unspecified atom stereocenters. The Morgan fingerprint density at radius 1 is 1.35 bits per heavy atom. The molecule has 2 aliphatic heterocycles. The third kappa shape index (κ3) is 3.82. The lowest BCUT2D eigenvalue weighted by molar-refractivity contribution is -0.132. The molecule has 0 aliphatic carbocycles. The molecule has 1 aromatic heterocycles. The summed E-state index contributed by atoms with van der Waals surface area (Å²) in [5.74, 6) is 0.294. The minimum Gasteiger partial charge on any atom is -0.392 e. The van der Waals surface area contributed by atoms with Crippen molar-refractivity contribution in [3.63, 3.8) is 0 Å². The van der Waals surface area contributed by atoms with Crippen LogP contribution in [0.15, 0.2) is 17.5 Å². The number of aliphatic hydroxyl groups is 1. The lowest BCUT2D eigenvalue weighted by Crippen LogP contribution is -2.46. The van der Waals surface area contributed by atoms with Crippen LogP contribution in [0.1, 0.15) is 36.1 Å². The van der Waals surface area contributed by atoms with E-state index in [1.54, 1.807) is 6.08 Å². The van der Waals surface area contributed by atoms with Gasteiger partial charge in [0.1, 0.15) is 0 Å². The summed E-state index contributed by atoms with van der Waals surface area (Å²) in [5, 5.41) is 10.9. The van der Waals surface area contributed by atoms with Crippen molar-refractivity contribution in [3.05, 3.63) is 28.0 Å². The van der Waals surface area contributed by atoms with E-state index in [1.165, 1.54) is 11.3 Å². The van der Waals surface area contributed by atoms with Crippen LogP contribution in [0.5, 0.6) is 0 Å². The molecule has 0 spiro atoms. The second kappa shape index (κ2) is 7.27. The summed E-state index contributed by atoms with van der Waals surface area (Å²) in [6.45, 7) is 2.33. The number of hydrogen-bond acceptors (Lipinski definition) is 4. The molecule has 23 heavy (non-hydrogen) atoms. The van der Waals surface area contributed by atoms with Crippen LogP contribution in [0, 0.1) is 0 Å². The first kappa shape index (κ1) is 16.2. The van der Waals surface area contributed by atoms with E-state index in [2.05, 4.69) is 0 Å². The summed E-state index contributed by atoms with van der Waals surface area (Å²) in [4.78, 5) is 28.9. The molecule has 2 saturated heterocycles. The molecule has 2 aliphatic rings. The number of carbonyl (C=O) groups excluding carboxylic acids is 2. The third-order valence-corrected chi connectivity index (χ3v) is 5.52. The molecule has 3 rings (SSSR count). The molecule has 6 heteroatoms. The molecular weight excluding hydrogens is 312 g/mol. The van der Waals surface area contributed by atoms with E-state index in [0.29, 0.717) is 25.6 Å². The first-order valence-corrected chi connectivity index (χ1v) is 9.00. The highest BCUT2D eigenvalue weighted by Crippen LogP contribution is 2.22. The monoisotopic (exact) mass is 334 g/mol. The van der Waals surface area contributed by atoms with Crippen molar-refractivity contribution in [1.29, 1.82) is 0 Å². The van der Waals surface area contributed by atoms with Gasteiger partial charge >= 0.3 is 0 Å². The maximum atomic E-state index is 12.3. The standard InChI is InChI=1S/C17H22N2O3S/c20-11-13-10-15(23-12-13)3-4-16(21)18-8-5-14(6-9-18)19-7-1-2-17(19)22/h3-4,10,12,14,20H,1-2,5-9,11H2/b4-3+. The van der Waals surface area contributed by atoms with Gasteiger partial charge in [0, 0.05) is 43.1 Å². The Morgan fingerprint density at radius 3 is 2.74 bits per heavy atom. The second-order valence-electron chi connectivity index (χ2n) is 6.10. The molecule has 5 nitrogen and oxygen atoms in total. The van der Waals surface area contributed by atoms with Gasteiger partial charge in [0.05, 0.1) is 6.61 Å².